The quantitative estimate of drug-likeness (QED) is 0.894. The second-order valence-electron chi connectivity index (χ2n) is 6.22. The fourth-order valence-corrected chi connectivity index (χ4v) is 3.01. The summed E-state index contributed by atoms with van der Waals surface area (Å²) in [6, 6.07) is 17.9. The molecule has 0 unspecified atom stereocenters. The van der Waals surface area contributed by atoms with Crippen molar-refractivity contribution in [2.75, 3.05) is 18.4 Å². The van der Waals surface area contributed by atoms with Gasteiger partial charge in [0.05, 0.1) is 11.6 Å². The van der Waals surface area contributed by atoms with Crippen LogP contribution < -0.4 is 10.6 Å². The van der Waals surface area contributed by atoms with Crippen molar-refractivity contribution in [2.24, 2.45) is 0 Å². The molecule has 3 amide bonds. The Bertz CT molecular complexity index is 821. The molecule has 3 rings (SSSR count). The average molecular weight is 348 g/mol. The smallest absolute Gasteiger partial charge is 0.319 e. The van der Waals surface area contributed by atoms with Crippen LogP contribution in [0, 0.1) is 11.3 Å². The van der Waals surface area contributed by atoms with Gasteiger partial charge in [0, 0.05) is 30.4 Å². The number of nitriles is 1. The first-order valence-corrected chi connectivity index (χ1v) is 8.58. The number of amides is 3. The summed E-state index contributed by atoms with van der Waals surface area (Å²) in [7, 11) is 0. The summed E-state index contributed by atoms with van der Waals surface area (Å²) in [5.74, 6) is -0.0747. The third-order valence-corrected chi connectivity index (χ3v) is 4.39. The summed E-state index contributed by atoms with van der Waals surface area (Å²) < 4.78 is 0. The van der Waals surface area contributed by atoms with Crippen LogP contribution in [0.5, 0.6) is 0 Å². The van der Waals surface area contributed by atoms with Gasteiger partial charge in [-0.25, -0.2) is 4.79 Å². The van der Waals surface area contributed by atoms with Crippen LogP contribution >= 0.6 is 0 Å². The number of hydrogen-bond donors (Lipinski definition) is 2. The highest BCUT2D eigenvalue weighted by Crippen LogP contribution is 2.15. The van der Waals surface area contributed by atoms with E-state index in [1.165, 1.54) is 0 Å². The molecule has 0 aromatic heterocycles. The zero-order chi connectivity index (χ0) is 18.4. The fraction of sp³-hybridized carbons (Fsp3) is 0.250. The van der Waals surface area contributed by atoms with E-state index in [0.717, 1.165) is 5.69 Å². The minimum atomic E-state index is -0.234. The molecule has 0 aliphatic carbocycles. The van der Waals surface area contributed by atoms with Crippen LogP contribution in [0.2, 0.25) is 0 Å². The predicted molar refractivity (Wildman–Crippen MR) is 98.7 cm³/mol. The lowest BCUT2D eigenvalue weighted by Crippen LogP contribution is -2.47. The average Bonchev–Trinajstić information content (AvgIpc) is 2.69. The standard InChI is InChI=1S/C20H20N4O2/c21-14-15-5-4-6-16(13-15)19(25)24-11-9-18(10-12-24)23-20(26)22-17-7-2-1-3-8-17/h1-8,13,18H,9-12H2,(H2,22,23,26). The van der Waals surface area contributed by atoms with Gasteiger partial charge in [-0.2, -0.15) is 5.26 Å². The normalized spacial score (nSPS) is 14.3. The summed E-state index contributed by atoms with van der Waals surface area (Å²) in [5, 5.41) is 14.7. The highest BCUT2D eigenvalue weighted by Gasteiger charge is 2.24. The maximum absolute atomic E-state index is 12.6. The Kier molecular flexibility index (Phi) is 5.49. The van der Waals surface area contributed by atoms with Crippen LogP contribution in [-0.2, 0) is 0 Å². The number of piperidine rings is 1. The molecular formula is C20H20N4O2. The summed E-state index contributed by atoms with van der Waals surface area (Å²) in [5.41, 5.74) is 1.75. The van der Waals surface area contributed by atoms with E-state index in [1.807, 2.05) is 36.4 Å². The van der Waals surface area contributed by atoms with Gasteiger partial charge in [0.25, 0.3) is 5.91 Å². The number of urea groups is 1. The third-order valence-electron chi connectivity index (χ3n) is 4.39. The van der Waals surface area contributed by atoms with Crippen LogP contribution in [0.3, 0.4) is 0 Å². The molecule has 0 spiro atoms. The molecule has 1 fully saturated rings. The van der Waals surface area contributed by atoms with E-state index >= 15 is 0 Å². The van der Waals surface area contributed by atoms with Crippen LogP contribution in [-0.4, -0.2) is 36.0 Å². The number of anilines is 1. The van der Waals surface area contributed by atoms with Gasteiger partial charge in [-0.3, -0.25) is 4.79 Å². The number of benzene rings is 2. The van der Waals surface area contributed by atoms with Gasteiger partial charge >= 0.3 is 6.03 Å². The molecule has 6 nitrogen and oxygen atoms in total. The van der Waals surface area contributed by atoms with Crippen molar-refractivity contribution < 1.29 is 9.59 Å². The molecular weight excluding hydrogens is 328 g/mol. The first kappa shape index (κ1) is 17.5. The predicted octanol–water partition coefficient (Wildman–Crippen LogP) is 2.98. The molecule has 2 aromatic rings. The second-order valence-corrected chi connectivity index (χ2v) is 6.22. The zero-order valence-corrected chi connectivity index (χ0v) is 14.3. The molecule has 0 bridgehead atoms. The van der Waals surface area contributed by atoms with E-state index in [0.29, 0.717) is 37.1 Å². The van der Waals surface area contributed by atoms with Crippen molar-refractivity contribution in [1.29, 1.82) is 5.26 Å². The van der Waals surface area contributed by atoms with Crippen LogP contribution in [0.1, 0.15) is 28.8 Å². The molecule has 6 heteroatoms. The summed E-state index contributed by atoms with van der Waals surface area (Å²) >= 11 is 0. The van der Waals surface area contributed by atoms with E-state index in [1.54, 1.807) is 29.2 Å². The highest BCUT2D eigenvalue weighted by molar-refractivity contribution is 5.94. The Morgan fingerprint density at radius 2 is 1.77 bits per heavy atom. The maximum atomic E-state index is 12.6. The molecule has 1 aliphatic rings. The Morgan fingerprint density at radius 3 is 2.46 bits per heavy atom. The monoisotopic (exact) mass is 348 g/mol. The summed E-state index contributed by atoms with van der Waals surface area (Å²) in [6.45, 7) is 1.15. The third kappa shape index (κ3) is 4.39. The molecule has 0 saturated carbocycles. The van der Waals surface area contributed by atoms with Crippen molar-refractivity contribution in [3.05, 3.63) is 65.7 Å². The van der Waals surface area contributed by atoms with Gasteiger partial charge in [-0.1, -0.05) is 24.3 Å². The second kappa shape index (κ2) is 8.17. The van der Waals surface area contributed by atoms with Crippen LogP contribution in [0.15, 0.2) is 54.6 Å². The highest BCUT2D eigenvalue weighted by atomic mass is 16.2. The molecule has 1 aliphatic heterocycles. The number of carbonyl (C=O) groups excluding carboxylic acids is 2. The van der Waals surface area contributed by atoms with E-state index < -0.39 is 0 Å². The summed E-state index contributed by atoms with van der Waals surface area (Å²) in [4.78, 5) is 26.4. The molecule has 2 aromatic carbocycles. The Labute approximate surface area is 152 Å². The minimum Gasteiger partial charge on any atom is -0.338 e. The number of para-hydroxylation sites is 1. The van der Waals surface area contributed by atoms with Crippen molar-refractivity contribution >= 4 is 17.6 Å². The van der Waals surface area contributed by atoms with Gasteiger partial charge < -0.3 is 15.5 Å². The number of rotatable bonds is 3. The number of hydrogen-bond acceptors (Lipinski definition) is 3. The first-order valence-electron chi connectivity index (χ1n) is 8.58. The van der Waals surface area contributed by atoms with Crippen molar-refractivity contribution in [1.82, 2.24) is 10.2 Å². The molecule has 1 saturated heterocycles. The number of nitrogens with zero attached hydrogens (tertiary/aromatic N) is 2. The van der Waals surface area contributed by atoms with Gasteiger partial charge in [0.2, 0.25) is 0 Å². The zero-order valence-electron chi connectivity index (χ0n) is 14.3. The van der Waals surface area contributed by atoms with E-state index in [2.05, 4.69) is 10.6 Å². The van der Waals surface area contributed by atoms with Gasteiger partial charge in [0.1, 0.15) is 0 Å². The van der Waals surface area contributed by atoms with Crippen LogP contribution in [0.25, 0.3) is 0 Å². The van der Waals surface area contributed by atoms with Crippen molar-refractivity contribution in [3.8, 4) is 6.07 Å². The SMILES string of the molecule is N#Cc1cccc(C(=O)N2CCC(NC(=O)Nc3ccccc3)CC2)c1. The largest absolute Gasteiger partial charge is 0.338 e. The Hall–Kier alpha value is -3.33. The lowest BCUT2D eigenvalue weighted by molar-refractivity contribution is 0.0709. The lowest BCUT2D eigenvalue weighted by atomic mass is 10.0. The molecule has 2 N–H and O–H groups in total. The minimum absolute atomic E-state index is 0.0354. The van der Waals surface area contributed by atoms with Gasteiger partial charge in [-0.15, -0.1) is 0 Å². The Balaban J connectivity index is 1.50. The Morgan fingerprint density at radius 1 is 1.04 bits per heavy atom. The number of likely N-dealkylation sites (tertiary alicyclic amines) is 1. The molecule has 1 heterocycles. The maximum Gasteiger partial charge on any atom is 0.319 e. The number of nitrogens with one attached hydrogen (secondary N) is 2. The molecule has 0 radical (unpaired) electrons. The first-order chi connectivity index (χ1) is 12.7. The van der Waals surface area contributed by atoms with Crippen molar-refractivity contribution in [2.45, 2.75) is 18.9 Å². The molecule has 132 valence electrons. The lowest BCUT2D eigenvalue weighted by Gasteiger charge is -2.32. The van der Waals surface area contributed by atoms with Crippen LogP contribution in [0.4, 0.5) is 10.5 Å². The molecule has 26 heavy (non-hydrogen) atoms. The topological polar surface area (TPSA) is 85.2 Å². The van der Waals surface area contributed by atoms with Crippen molar-refractivity contribution in [3.63, 3.8) is 0 Å². The summed E-state index contributed by atoms with van der Waals surface area (Å²) in [6.07, 6.45) is 1.40. The van der Waals surface area contributed by atoms with E-state index in [9.17, 15) is 9.59 Å². The van der Waals surface area contributed by atoms with Gasteiger partial charge in [0.15, 0.2) is 0 Å². The van der Waals surface area contributed by atoms with E-state index in [-0.39, 0.29) is 18.0 Å². The van der Waals surface area contributed by atoms with E-state index in [4.69, 9.17) is 5.26 Å². The molecule has 0 atom stereocenters. The number of carbonyl (C=O) groups is 2. The fourth-order valence-electron chi connectivity index (χ4n) is 3.01. The van der Waals surface area contributed by atoms with Gasteiger partial charge in [-0.05, 0) is 43.2 Å².